The van der Waals surface area contributed by atoms with Crippen molar-refractivity contribution in [3.8, 4) is 5.88 Å². The second-order valence-electron chi connectivity index (χ2n) is 5.38. The molecule has 22 heavy (non-hydrogen) atoms. The van der Waals surface area contributed by atoms with Gasteiger partial charge in [-0.2, -0.15) is 0 Å². The van der Waals surface area contributed by atoms with Crippen LogP contribution in [0.15, 0.2) is 23.0 Å². The summed E-state index contributed by atoms with van der Waals surface area (Å²) in [5, 5.41) is 3.68. The van der Waals surface area contributed by atoms with Gasteiger partial charge in [0, 0.05) is 39.1 Å². The van der Waals surface area contributed by atoms with E-state index in [2.05, 4.69) is 15.0 Å². The van der Waals surface area contributed by atoms with Crippen molar-refractivity contribution in [2.24, 2.45) is 7.05 Å². The normalized spacial score (nSPS) is 19.4. The summed E-state index contributed by atoms with van der Waals surface area (Å²) in [6, 6.07) is 1.57. The van der Waals surface area contributed by atoms with Crippen molar-refractivity contribution in [2.75, 3.05) is 33.8 Å². The molecule has 0 aromatic carbocycles. The second-order valence-corrected chi connectivity index (χ2v) is 5.38. The van der Waals surface area contributed by atoms with E-state index in [1.807, 2.05) is 24.9 Å². The largest absolute Gasteiger partial charge is 0.479 e. The van der Waals surface area contributed by atoms with Gasteiger partial charge in [0.25, 0.3) is 11.8 Å². The van der Waals surface area contributed by atoms with E-state index in [4.69, 9.17) is 9.26 Å². The maximum atomic E-state index is 12.5. The third-order valence-electron chi connectivity index (χ3n) is 4.00. The van der Waals surface area contributed by atoms with Gasteiger partial charge in [-0.3, -0.25) is 9.69 Å². The highest BCUT2D eigenvalue weighted by Crippen LogP contribution is 2.24. The van der Waals surface area contributed by atoms with Gasteiger partial charge in [0.1, 0.15) is 5.82 Å². The van der Waals surface area contributed by atoms with Gasteiger partial charge in [0.05, 0.1) is 19.2 Å². The lowest BCUT2D eigenvalue weighted by molar-refractivity contribution is 0.0492. The lowest BCUT2D eigenvalue weighted by Crippen LogP contribution is -2.49. The first-order valence-electron chi connectivity index (χ1n) is 7.07. The van der Waals surface area contributed by atoms with E-state index in [9.17, 15) is 4.79 Å². The molecule has 0 radical (unpaired) electrons. The maximum Gasteiger partial charge on any atom is 0.292 e. The molecule has 8 heteroatoms. The number of hydrogen-bond donors (Lipinski definition) is 0. The first-order valence-corrected chi connectivity index (χ1v) is 7.07. The van der Waals surface area contributed by atoms with Gasteiger partial charge in [0.15, 0.2) is 0 Å². The van der Waals surface area contributed by atoms with E-state index < -0.39 is 0 Å². The minimum absolute atomic E-state index is 0.0579. The highest BCUT2D eigenvalue weighted by molar-refractivity contribution is 5.91. The second kappa shape index (κ2) is 5.80. The number of hydrogen-bond acceptors (Lipinski definition) is 6. The number of carbonyl (C=O) groups excluding carboxylic acids is 1. The van der Waals surface area contributed by atoms with Crippen LogP contribution in [-0.4, -0.2) is 64.2 Å². The minimum atomic E-state index is -0.178. The fraction of sp³-hybridized carbons (Fsp3) is 0.500. The van der Waals surface area contributed by atoms with E-state index in [1.165, 1.54) is 13.2 Å². The minimum Gasteiger partial charge on any atom is -0.479 e. The highest BCUT2D eigenvalue weighted by Gasteiger charge is 2.32. The summed E-state index contributed by atoms with van der Waals surface area (Å²) in [6.07, 6.45) is 3.68. The van der Waals surface area contributed by atoms with Crippen LogP contribution in [-0.2, 0) is 7.05 Å². The van der Waals surface area contributed by atoms with E-state index >= 15 is 0 Å². The highest BCUT2D eigenvalue weighted by atomic mass is 16.5. The molecule has 8 nitrogen and oxygen atoms in total. The molecule has 1 saturated heterocycles. The van der Waals surface area contributed by atoms with Crippen molar-refractivity contribution in [2.45, 2.75) is 6.04 Å². The molecule has 3 heterocycles. The van der Waals surface area contributed by atoms with Gasteiger partial charge >= 0.3 is 0 Å². The molecule has 0 unspecified atom stereocenters. The summed E-state index contributed by atoms with van der Waals surface area (Å²) in [5.41, 5.74) is 0. The van der Waals surface area contributed by atoms with Crippen molar-refractivity contribution in [3.05, 3.63) is 30.0 Å². The molecule has 0 aliphatic carbocycles. The van der Waals surface area contributed by atoms with Crippen LogP contribution in [0.4, 0.5) is 0 Å². The molecule has 1 aliphatic heterocycles. The Morgan fingerprint density at radius 1 is 1.41 bits per heavy atom. The third-order valence-corrected chi connectivity index (χ3v) is 4.00. The molecule has 0 saturated carbocycles. The van der Waals surface area contributed by atoms with Gasteiger partial charge in [-0.15, -0.1) is 0 Å². The fourth-order valence-electron chi connectivity index (χ4n) is 2.65. The molecule has 118 valence electrons. The molecule has 1 aliphatic rings. The Labute approximate surface area is 128 Å². The number of amides is 1. The van der Waals surface area contributed by atoms with Crippen molar-refractivity contribution < 1.29 is 14.1 Å². The van der Waals surface area contributed by atoms with E-state index in [1.54, 1.807) is 11.1 Å². The van der Waals surface area contributed by atoms with Crippen LogP contribution in [0.25, 0.3) is 0 Å². The smallest absolute Gasteiger partial charge is 0.292 e. The van der Waals surface area contributed by atoms with Gasteiger partial charge in [-0.25, -0.2) is 4.98 Å². The number of ether oxygens (including phenoxy) is 1. The molecule has 2 aromatic rings. The molecule has 0 bridgehead atoms. The Balaban J connectivity index is 1.78. The monoisotopic (exact) mass is 305 g/mol. The number of aryl methyl sites for hydroxylation is 1. The summed E-state index contributed by atoms with van der Waals surface area (Å²) < 4.78 is 12.0. The molecule has 1 amide bonds. The Kier molecular flexibility index (Phi) is 3.84. The van der Waals surface area contributed by atoms with Gasteiger partial charge < -0.3 is 18.7 Å². The molecule has 0 N–H and O–H groups in total. The summed E-state index contributed by atoms with van der Waals surface area (Å²) in [5.74, 6) is 1.26. The number of aromatic nitrogens is 3. The van der Waals surface area contributed by atoms with Crippen LogP contribution >= 0.6 is 0 Å². The number of piperazine rings is 1. The first kappa shape index (κ1) is 14.6. The van der Waals surface area contributed by atoms with Gasteiger partial charge in [-0.05, 0) is 12.2 Å². The Morgan fingerprint density at radius 3 is 2.86 bits per heavy atom. The predicted octanol–water partition coefficient (Wildman–Crippen LogP) is 0.546. The summed E-state index contributed by atoms with van der Waals surface area (Å²) >= 11 is 0. The number of rotatable bonds is 3. The van der Waals surface area contributed by atoms with E-state index in [0.29, 0.717) is 19.0 Å². The average molecular weight is 305 g/mol. The summed E-state index contributed by atoms with van der Waals surface area (Å²) in [7, 11) is 5.48. The third kappa shape index (κ3) is 2.57. The molecule has 2 aromatic heterocycles. The lowest BCUT2D eigenvalue weighted by Gasteiger charge is -2.38. The topological polar surface area (TPSA) is 76.6 Å². The number of nitrogens with zero attached hydrogens (tertiary/aromatic N) is 5. The Bertz CT molecular complexity index is 665. The van der Waals surface area contributed by atoms with Crippen LogP contribution < -0.4 is 4.74 Å². The van der Waals surface area contributed by atoms with E-state index in [-0.39, 0.29) is 17.7 Å². The molecule has 3 rings (SSSR count). The quantitative estimate of drug-likeness (QED) is 0.824. The van der Waals surface area contributed by atoms with Crippen LogP contribution in [0.1, 0.15) is 22.4 Å². The Morgan fingerprint density at radius 2 is 2.23 bits per heavy atom. The van der Waals surface area contributed by atoms with Crippen LogP contribution in [0.2, 0.25) is 0 Å². The number of carbonyl (C=O) groups is 1. The SMILES string of the molecule is COc1cc(C(=O)N2CCN(C)[C@@H](c3nccn3C)C2)on1. The first-order chi connectivity index (χ1) is 10.6. The zero-order chi connectivity index (χ0) is 15.7. The van der Waals surface area contributed by atoms with Crippen molar-refractivity contribution in [1.29, 1.82) is 0 Å². The Hall–Kier alpha value is -2.35. The molecule has 0 spiro atoms. The zero-order valence-electron chi connectivity index (χ0n) is 12.9. The van der Waals surface area contributed by atoms with Crippen LogP contribution in [0.3, 0.4) is 0 Å². The van der Waals surface area contributed by atoms with Crippen molar-refractivity contribution in [1.82, 2.24) is 24.5 Å². The number of imidazole rings is 1. The van der Waals surface area contributed by atoms with Crippen LogP contribution in [0.5, 0.6) is 5.88 Å². The van der Waals surface area contributed by atoms with Crippen molar-refractivity contribution >= 4 is 5.91 Å². The summed E-state index contributed by atoms with van der Waals surface area (Å²) in [4.78, 5) is 20.9. The number of likely N-dealkylation sites (N-methyl/N-ethyl adjacent to an activating group) is 1. The van der Waals surface area contributed by atoms with Crippen LogP contribution in [0, 0.1) is 0 Å². The fourth-order valence-corrected chi connectivity index (χ4v) is 2.65. The van der Waals surface area contributed by atoms with E-state index in [0.717, 1.165) is 12.4 Å². The number of methoxy groups -OCH3 is 1. The van der Waals surface area contributed by atoms with Crippen molar-refractivity contribution in [3.63, 3.8) is 0 Å². The standard InChI is InChI=1S/C14H19N5O3/c1-17-6-7-19(9-10(17)13-15-4-5-18(13)2)14(20)11-8-12(21-3)16-22-11/h4-5,8,10H,6-7,9H2,1-3H3/t10-/m1/s1. The molecule has 1 fully saturated rings. The lowest BCUT2D eigenvalue weighted by atomic mass is 10.1. The summed E-state index contributed by atoms with van der Waals surface area (Å²) in [6.45, 7) is 1.97. The zero-order valence-corrected chi connectivity index (χ0v) is 12.9. The predicted molar refractivity (Wildman–Crippen MR) is 77.5 cm³/mol. The van der Waals surface area contributed by atoms with Gasteiger partial charge in [-0.1, -0.05) is 0 Å². The molecule has 1 atom stereocenters. The maximum absolute atomic E-state index is 12.5. The average Bonchev–Trinajstić information content (AvgIpc) is 3.16. The molecular formula is C14H19N5O3. The molecular weight excluding hydrogens is 286 g/mol. The van der Waals surface area contributed by atoms with Gasteiger partial charge in [0.2, 0.25) is 5.76 Å².